The molecule has 0 aliphatic carbocycles. The summed E-state index contributed by atoms with van der Waals surface area (Å²) in [4.78, 5) is 0. The Morgan fingerprint density at radius 2 is 1.86 bits per heavy atom. The average Bonchev–Trinajstić information content (AvgIpc) is 3.43. The van der Waals surface area contributed by atoms with E-state index in [4.69, 9.17) is 13.9 Å². The number of aromatic nitrogens is 3. The van der Waals surface area contributed by atoms with Crippen molar-refractivity contribution in [1.29, 1.82) is 0 Å². The summed E-state index contributed by atoms with van der Waals surface area (Å²) < 4.78 is 18.5. The van der Waals surface area contributed by atoms with Crippen LogP contribution in [0.15, 0.2) is 76.5 Å². The lowest BCUT2D eigenvalue weighted by Gasteiger charge is -2.11. The second kappa shape index (κ2) is 8.87. The van der Waals surface area contributed by atoms with E-state index in [0.29, 0.717) is 6.54 Å². The molecule has 0 aliphatic heterocycles. The lowest BCUT2D eigenvalue weighted by atomic mass is 10.2. The summed E-state index contributed by atoms with van der Waals surface area (Å²) in [5.74, 6) is 3.97. The molecule has 0 unspecified atom stereocenters. The van der Waals surface area contributed by atoms with Gasteiger partial charge in [-0.1, -0.05) is 42.1 Å². The van der Waals surface area contributed by atoms with E-state index < -0.39 is 0 Å². The summed E-state index contributed by atoms with van der Waals surface area (Å²) in [5.41, 5.74) is 2.04. The van der Waals surface area contributed by atoms with Gasteiger partial charge >= 0.3 is 0 Å². The van der Waals surface area contributed by atoms with Gasteiger partial charge in [-0.25, -0.2) is 0 Å². The first-order valence-corrected chi connectivity index (χ1v) is 10.1. The molecule has 4 rings (SSSR count). The fourth-order valence-electron chi connectivity index (χ4n) is 3.04. The predicted octanol–water partition coefficient (Wildman–Crippen LogP) is 4.90. The van der Waals surface area contributed by atoms with E-state index in [2.05, 4.69) is 20.8 Å². The molecular weight excluding hydrogens is 386 g/mol. The molecule has 0 atom stereocenters. The van der Waals surface area contributed by atoms with E-state index in [9.17, 15) is 0 Å². The number of rotatable bonds is 8. The van der Waals surface area contributed by atoms with Crippen LogP contribution in [0.5, 0.6) is 11.5 Å². The quantitative estimate of drug-likeness (QED) is 0.387. The summed E-state index contributed by atoms with van der Waals surface area (Å²) in [7, 11) is 3.34. The molecule has 0 saturated carbocycles. The van der Waals surface area contributed by atoms with Gasteiger partial charge in [0.2, 0.25) is 0 Å². The lowest BCUT2D eigenvalue weighted by molar-refractivity contribution is 0.411. The third-order valence-corrected chi connectivity index (χ3v) is 5.50. The molecule has 0 amide bonds. The molecule has 4 aromatic rings. The molecule has 0 aliphatic rings. The summed E-state index contributed by atoms with van der Waals surface area (Å²) in [6, 6.07) is 19.6. The highest BCUT2D eigenvalue weighted by atomic mass is 32.2. The first-order chi connectivity index (χ1) is 14.3. The van der Waals surface area contributed by atoms with Crippen molar-refractivity contribution in [3.8, 4) is 22.9 Å². The van der Waals surface area contributed by atoms with Crippen LogP contribution in [0.1, 0.15) is 11.3 Å². The summed E-state index contributed by atoms with van der Waals surface area (Å²) in [6.45, 7) is 0.542. The van der Waals surface area contributed by atoms with Crippen LogP contribution in [0.3, 0.4) is 0 Å². The Morgan fingerprint density at radius 3 is 2.66 bits per heavy atom. The van der Waals surface area contributed by atoms with Crippen molar-refractivity contribution in [2.75, 3.05) is 14.2 Å². The molecule has 0 saturated heterocycles. The first-order valence-electron chi connectivity index (χ1n) is 9.13. The van der Waals surface area contributed by atoms with Gasteiger partial charge < -0.3 is 13.9 Å². The number of nitrogens with zero attached hydrogens (tertiary/aromatic N) is 3. The van der Waals surface area contributed by atoms with Crippen molar-refractivity contribution >= 4 is 11.8 Å². The molecule has 2 aromatic heterocycles. The number of thioether (sulfide) groups is 1. The maximum atomic E-state index is 5.57. The van der Waals surface area contributed by atoms with Crippen LogP contribution < -0.4 is 9.47 Å². The van der Waals surface area contributed by atoms with Crippen molar-refractivity contribution in [2.24, 2.45) is 0 Å². The highest BCUT2D eigenvalue weighted by Crippen LogP contribution is 2.31. The van der Waals surface area contributed by atoms with Crippen LogP contribution in [-0.2, 0) is 12.3 Å². The van der Waals surface area contributed by atoms with Crippen molar-refractivity contribution in [3.63, 3.8) is 0 Å². The number of hydrogen-bond donors (Lipinski definition) is 0. The van der Waals surface area contributed by atoms with Gasteiger partial charge in [-0.2, -0.15) is 0 Å². The average molecular weight is 407 g/mol. The van der Waals surface area contributed by atoms with Crippen LogP contribution in [0.25, 0.3) is 11.4 Å². The molecule has 29 heavy (non-hydrogen) atoms. The number of hydrogen-bond acceptors (Lipinski definition) is 6. The predicted molar refractivity (Wildman–Crippen MR) is 112 cm³/mol. The molecule has 0 fully saturated rings. The van der Waals surface area contributed by atoms with Crippen LogP contribution in [-0.4, -0.2) is 29.0 Å². The Balaban J connectivity index is 1.67. The monoisotopic (exact) mass is 407 g/mol. The summed E-state index contributed by atoms with van der Waals surface area (Å²) >= 11 is 1.61. The third kappa shape index (κ3) is 4.30. The zero-order chi connectivity index (χ0) is 20.1. The smallest absolute Gasteiger partial charge is 0.192 e. The Labute approximate surface area is 173 Å². The second-order valence-electron chi connectivity index (χ2n) is 6.30. The SMILES string of the molecule is COc1cccc(-c2nnc(SCc3ccccc3OC)n2Cc2ccco2)c1. The van der Waals surface area contributed by atoms with E-state index in [1.807, 2.05) is 54.6 Å². The standard InChI is InChI=1S/C22H21N3O3S/c1-26-18-9-5-8-16(13-18)21-23-24-22(25(21)14-19-10-6-12-28-19)29-15-17-7-3-4-11-20(17)27-2/h3-13H,14-15H2,1-2H3. The molecule has 0 N–H and O–H groups in total. The van der Waals surface area contributed by atoms with Gasteiger partial charge in [-0.15, -0.1) is 10.2 Å². The largest absolute Gasteiger partial charge is 0.497 e. The molecule has 6 nitrogen and oxygen atoms in total. The van der Waals surface area contributed by atoms with Crippen LogP contribution in [0, 0.1) is 0 Å². The van der Waals surface area contributed by atoms with E-state index in [1.54, 1.807) is 32.2 Å². The van der Waals surface area contributed by atoms with Gasteiger partial charge in [-0.3, -0.25) is 4.57 Å². The van der Waals surface area contributed by atoms with Crippen molar-refractivity contribution in [1.82, 2.24) is 14.8 Å². The number of ether oxygens (including phenoxy) is 2. The van der Waals surface area contributed by atoms with Gasteiger partial charge in [0.1, 0.15) is 17.3 Å². The van der Waals surface area contributed by atoms with E-state index in [1.165, 1.54) is 0 Å². The third-order valence-electron chi connectivity index (χ3n) is 4.49. The Kier molecular flexibility index (Phi) is 5.86. The summed E-state index contributed by atoms with van der Waals surface area (Å²) in [6.07, 6.45) is 1.67. The maximum absolute atomic E-state index is 5.57. The van der Waals surface area contributed by atoms with Crippen LogP contribution in [0.2, 0.25) is 0 Å². The molecule has 0 bridgehead atoms. The molecular formula is C22H21N3O3S. The Morgan fingerprint density at radius 1 is 0.966 bits per heavy atom. The minimum absolute atomic E-state index is 0.542. The highest BCUT2D eigenvalue weighted by Gasteiger charge is 2.17. The first kappa shape index (κ1) is 19.1. The molecule has 7 heteroatoms. The summed E-state index contributed by atoms with van der Waals surface area (Å²) in [5, 5.41) is 9.72. The van der Waals surface area contributed by atoms with Gasteiger partial charge in [0, 0.05) is 16.9 Å². The molecule has 2 heterocycles. The fraction of sp³-hybridized carbons (Fsp3) is 0.182. The zero-order valence-corrected chi connectivity index (χ0v) is 17.1. The number of furan rings is 1. The number of para-hydroxylation sites is 1. The minimum Gasteiger partial charge on any atom is -0.497 e. The topological polar surface area (TPSA) is 62.3 Å². The Hall–Kier alpha value is -3.19. The molecule has 0 radical (unpaired) electrons. The fourth-order valence-corrected chi connectivity index (χ4v) is 3.97. The number of benzene rings is 2. The molecule has 148 valence electrons. The number of methoxy groups -OCH3 is 2. The Bertz CT molecular complexity index is 1080. The highest BCUT2D eigenvalue weighted by molar-refractivity contribution is 7.98. The van der Waals surface area contributed by atoms with Gasteiger partial charge in [-0.05, 0) is 30.3 Å². The van der Waals surface area contributed by atoms with Gasteiger partial charge in [0.25, 0.3) is 0 Å². The lowest BCUT2D eigenvalue weighted by Crippen LogP contribution is -2.04. The van der Waals surface area contributed by atoms with E-state index in [0.717, 1.165) is 45.1 Å². The molecule has 2 aromatic carbocycles. The van der Waals surface area contributed by atoms with Gasteiger partial charge in [0.15, 0.2) is 11.0 Å². The maximum Gasteiger partial charge on any atom is 0.192 e. The van der Waals surface area contributed by atoms with E-state index >= 15 is 0 Å². The second-order valence-corrected chi connectivity index (χ2v) is 7.25. The van der Waals surface area contributed by atoms with E-state index in [-0.39, 0.29) is 0 Å². The van der Waals surface area contributed by atoms with Crippen molar-refractivity contribution < 1.29 is 13.9 Å². The van der Waals surface area contributed by atoms with Crippen LogP contribution >= 0.6 is 11.8 Å². The van der Waals surface area contributed by atoms with Crippen molar-refractivity contribution in [2.45, 2.75) is 17.5 Å². The van der Waals surface area contributed by atoms with Gasteiger partial charge in [0.05, 0.1) is 27.0 Å². The van der Waals surface area contributed by atoms with Crippen molar-refractivity contribution in [3.05, 3.63) is 78.3 Å². The minimum atomic E-state index is 0.542. The van der Waals surface area contributed by atoms with Crippen LogP contribution in [0.4, 0.5) is 0 Å². The molecule has 0 spiro atoms. The zero-order valence-electron chi connectivity index (χ0n) is 16.2. The normalized spacial score (nSPS) is 10.8.